The van der Waals surface area contributed by atoms with Crippen molar-refractivity contribution < 1.29 is 4.79 Å². The second-order valence-electron chi connectivity index (χ2n) is 5.49. The van der Waals surface area contributed by atoms with E-state index in [-0.39, 0.29) is 5.91 Å². The van der Waals surface area contributed by atoms with E-state index in [1.165, 1.54) is 25.9 Å². The SMILES string of the molecule is CN1CCC(CCNC(=O)CSc2ccccc2)CC1. The van der Waals surface area contributed by atoms with E-state index in [0.717, 1.165) is 23.8 Å². The molecule has 1 fully saturated rings. The predicted octanol–water partition coefficient (Wildman–Crippen LogP) is 2.63. The fraction of sp³-hybridized carbons (Fsp3) is 0.562. The Balaban J connectivity index is 1.56. The minimum atomic E-state index is 0.145. The van der Waals surface area contributed by atoms with Crippen LogP contribution in [0.5, 0.6) is 0 Å². The molecule has 1 aromatic rings. The average Bonchev–Trinajstić information content (AvgIpc) is 2.48. The van der Waals surface area contributed by atoms with Gasteiger partial charge in [0.05, 0.1) is 5.75 Å². The number of thioether (sulfide) groups is 1. The number of benzene rings is 1. The van der Waals surface area contributed by atoms with Gasteiger partial charge in [-0.15, -0.1) is 11.8 Å². The van der Waals surface area contributed by atoms with Crippen LogP contribution in [0.25, 0.3) is 0 Å². The quantitative estimate of drug-likeness (QED) is 0.818. The Morgan fingerprint density at radius 3 is 2.70 bits per heavy atom. The highest BCUT2D eigenvalue weighted by Crippen LogP contribution is 2.19. The summed E-state index contributed by atoms with van der Waals surface area (Å²) < 4.78 is 0. The number of likely N-dealkylation sites (tertiary alicyclic amines) is 1. The molecule has 1 aromatic carbocycles. The molecule has 2 rings (SSSR count). The Morgan fingerprint density at radius 2 is 2.00 bits per heavy atom. The fourth-order valence-electron chi connectivity index (χ4n) is 2.48. The second kappa shape index (κ2) is 8.32. The van der Waals surface area contributed by atoms with Gasteiger partial charge in [-0.1, -0.05) is 18.2 Å². The third-order valence-corrected chi connectivity index (χ3v) is 4.84. The van der Waals surface area contributed by atoms with Crippen LogP contribution in [-0.4, -0.2) is 43.2 Å². The Hall–Kier alpha value is -1.00. The van der Waals surface area contributed by atoms with Crippen LogP contribution < -0.4 is 5.32 Å². The van der Waals surface area contributed by atoms with Gasteiger partial charge in [0.25, 0.3) is 0 Å². The zero-order valence-corrected chi connectivity index (χ0v) is 13.0. The molecule has 1 saturated heterocycles. The summed E-state index contributed by atoms with van der Waals surface area (Å²) in [5, 5.41) is 3.04. The normalized spacial score (nSPS) is 17.1. The molecular formula is C16H24N2OS. The molecule has 1 aliphatic rings. The van der Waals surface area contributed by atoms with E-state index in [2.05, 4.69) is 17.3 Å². The first-order chi connectivity index (χ1) is 9.74. The predicted molar refractivity (Wildman–Crippen MR) is 85.0 cm³/mol. The lowest BCUT2D eigenvalue weighted by Crippen LogP contribution is -2.33. The molecule has 0 radical (unpaired) electrons. The molecule has 1 amide bonds. The largest absolute Gasteiger partial charge is 0.355 e. The first-order valence-corrected chi connectivity index (χ1v) is 8.35. The van der Waals surface area contributed by atoms with E-state index in [1.807, 2.05) is 30.3 Å². The van der Waals surface area contributed by atoms with Crippen molar-refractivity contribution in [3.05, 3.63) is 30.3 Å². The number of carbonyl (C=O) groups excluding carboxylic acids is 1. The first-order valence-electron chi connectivity index (χ1n) is 7.37. The maximum atomic E-state index is 11.8. The number of nitrogens with zero attached hydrogens (tertiary/aromatic N) is 1. The van der Waals surface area contributed by atoms with Crippen molar-refractivity contribution in [3.63, 3.8) is 0 Å². The number of piperidine rings is 1. The number of rotatable bonds is 6. The Bertz CT molecular complexity index is 402. The highest BCUT2D eigenvalue weighted by atomic mass is 32.2. The molecule has 1 heterocycles. The van der Waals surface area contributed by atoms with Gasteiger partial charge in [0.15, 0.2) is 0 Å². The van der Waals surface area contributed by atoms with Crippen LogP contribution in [0.4, 0.5) is 0 Å². The average molecular weight is 292 g/mol. The van der Waals surface area contributed by atoms with Crippen molar-refractivity contribution in [2.24, 2.45) is 5.92 Å². The van der Waals surface area contributed by atoms with E-state index in [9.17, 15) is 4.79 Å². The van der Waals surface area contributed by atoms with E-state index in [1.54, 1.807) is 11.8 Å². The summed E-state index contributed by atoms with van der Waals surface area (Å²) in [7, 11) is 2.18. The molecule has 1 N–H and O–H groups in total. The number of hydrogen-bond acceptors (Lipinski definition) is 3. The smallest absolute Gasteiger partial charge is 0.230 e. The third-order valence-electron chi connectivity index (χ3n) is 3.83. The van der Waals surface area contributed by atoms with Crippen LogP contribution in [0.15, 0.2) is 35.2 Å². The minimum absolute atomic E-state index is 0.145. The maximum absolute atomic E-state index is 11.8. The zero-order valence-electron chi connectivity index (χ0n) is 12.2. The van der Waals surface area contributed by atoms with Crippen LogP contribution in [0.2, 0.25) is 0 Å². The Morgan fingerprint density at radius 1 is 1.30 bits per heavy atom. The molecule has 1 aliphatic heterocycles. The Kier molecular flexibility index (Phi) is 6.40. The molecular weight excluding hydrogens is 268 g/mol. The van der Waals surface area contributed by atoms with Gasteiger partial charge < -0.3 is 10.2 Å². The molecule has 0 aromatic heterocycles. The third kappa shape index (κ3) is 5.55. The molecule has 0 aliphatic carbocycles. The molecule has 0 bridgehead atoms. The van der Waals surface area contributed by atoms with E-state index < -0.39 is 0 Å². The van der Waals surface area contributed by atoms with E-state index in [4.69, 9.17) is 0 Å². The minimum Gasteiger partial charge on any atom is -0.355 e. The standard InChI is InChI=1S/C16H24N2OS/c1-18-11-8-14(9-12-18)7-10-17-16(19)13-20-15-5-3-2-4-6-15/h2-6,14H,7-13H2,1H3,(H,17,19). The molecule has 0 saturated carbocycles. The molecule has 110 valence electrons. The van der Waals surface area contributed by atoms with Crippen LogP contribution in [0, 0.1) is 5.92 Å². The fourth-order valence-corrected chi connectivity index (χ4v) is 3.23. The molecule has 0 spiro atoms. The number of hydrogen-bond donors (Lipinski definition) is 1. The van der Waals surface area contributed by atoms with Gasteiger partial charge in [-0.25, -0.2) is 0 Å². The topological polar surface area (TPSA) is 32.3 Å². The molecule has 20 heavy (non-hydrogen) atoms. The number of nitrogens with one attached hydrogen (secondary N) is 1. The van der Waals surface area contributed by atoms with Gasteiger partial charge >= 0.3 is 0 Å². The van der Waals surface area contributed by atoms with Gasteiger partial charge in [0.2, 0.25) is 5.91 Å². The summed E-state index contributed by atoms with van der Waals surface area (Å²) in [6, 6.07) is 10.1. The lowest BCUT2D eigenvalue weighted by atomic mass is 9.94. The monoisotopic (exact) mass is 292 g/mol. The second-order valence-corrected chi connectivity index (χ2v) is 6.54. The van der Waals surface area contributed by atoms with Crippen molar-refractivity contribution in [2.45, 2.75) is 24.2 Å². The molecule has 0 unspecified atom stereocenters. The number of carbonyl (C=O) groups is 1. The Labute approximate surface area is 126 Å². The summed E-state index contributed by atoms with van der Waals surface area (Å²) >= 11 is 1.60. The summed E-state index contributed by atoms with van der Waals surface area (Å²) in [6.07, 6.45) is 3.66. The van der Waals surface area contributed by atoms with Crippen molar-refractivity contribution in [1.82, 2.24) is 10.2 Å². The number of amides is 1. The van der Waals surface area contributed by atoms with Gasteiger partial charge in [-0.05, 0) is 57.5 Å². The molecule has 3 nitrogen and oxygen atoms in total. The van der Waals surface area contributed by atoms with Crippen LogP contribution in [0.1, 0.15) is 19.3 Å². The van der Waals surface area contributed by atoms with Crippen molar-refractivity contribution >= 4 is 17.7 Å². The highest BCUT2D eigenvalue weighted by Gasteiger charge is 2.16. The van der Waals surface area contributed by atoms with Crippen LogP contribution in [0.3, 0.4) is 0 Å². The van der Waals surface area contributed by atoms with Gasteiger partial charge in [-0.2, -0.15) is 0 Å². The lowest BCUT2D eigenvalue weighted by Gasteiger charge is -2.28. The maximum Gasteiger partial charge on any atom is 0.230 e. The summed E-state index contributed by atoms with van der Waals surface area (Å²) in [5.41, 5.74) is 0. The van der Waals surface area contributed by atoms with Crippen LogP contribution in [-0.2, 0) is 4.79 Å². The van der Waals surface area contributed by atoms with Crippen molar-refractivity contribution in [2.75, 3.05) is 32.4 Å². The lowest BCUT2D eigenvalue weighted by molar-refractivity contribution is -0.118. The van der Waals surface area contributed by atoms with Gasteiger partial charge in [-0.3, -0.25) is 4.79 Å². The summed E-state index contributed by atoms with van der Waals surface area (Å²) in [4.78, 5) is 15.3. The van der Waals surface area contributed by atoms with E-state index in [0.29, 0.717) is 5.75 Å². The summed E-state index contributed by atoms with van der Waals surface area (Å²) in [5.74, 6) is 1.44. The van der Waals surface area contributed by atoms with Gasteiger partial charge in [0.1, 0.15) is 0 Å². The highest BCUT2D eigenvalue weighted by molar-refractivity contribution is 8.00. The van der Waals surface area contributed by atoms with Crippen molar-refractivity contribution in [3.8, 4) is 0 Å². The summed E-state index contributed by atoms with van der Waals surface area (Å²) in [6.45, 7) is 3.22. The van der Waals surface area contributed by atoms with Crippen LogP contribution >= 0.6 is 11.8 Å². The first kappa shape index (κ1) is 15.4. The zero-order chi connectivity index (χ0) is 14.2. The molecule has 0 atom stereocenters. The van der Waals surface area contributed by atoms with Crippen molar-refractivity contribution in [1.29, 1.82) is 0 Å². The molecule has 4 heteroatoms. The van der Waals surface area contributed by atoms with Gasteiger partial charge in [0, 0.05) is 11.4 Å². The van der Waals surface area contributed by atoms with E-state index >= 15 is 0 Å².